The summed E-state index contributed by atoms with van der Waals surface area (Å²) in [4.78, 5) is 14.0. The molecule has 0 aromatic heterocycles. The van der Waals surface area contributed by atoms with E-state index in [0.717, 1.165) is 12.8 Å². The molecule has 0 unspecified atom stereocenters. The SMILES string of the molecule is O=C(CCc1c(F)cccc1F)N1CCC(C2OCCO2)CC1. The molecule has 3 rings (SSSR count). The summed E-state index contributed by atoms with van der Waals surface area (Å²) in [6.45, 7) is 2.56. The molecule has 0 saturated carbocycles. The van der Waals surface area contributed by atoms with Crippen molar-refractivity contribution in [3.63, 3.8) is 0 Å². The predicted octanol–water partition coefficient (Wildman–Crippen LogP) is 2.51. The van der Waals surface area contributed by atoms with Crippen LogP contribution >= 0.6 is 0 Å². The lowest BCUT2D eigenvalue weighted by Crippen LogP contribution is -2.41. The van der Waals surface area contributed by atoms with E-state index in [1.807, 2.05) is 0 Å². The Balaban J connectivity index is 1.48. The van der Waals surface area contributed by atoms with Crippen molar-refractivity contribution in [2.45, 2.75) is 32.0 Å². The van der Waals surface area contributed by atoms with Crippen LogP contribution in [-0.4, -0.2) is 43.4 Å². The molecule has 0 radical (unpaired) electrons. The second-order valence-corrected chi connectivity index (χ2v) is 6.03. The Morgan fingerprint density at radius 2 is 1.74 bits per heavy atom. The summed E-state index contributed by atoms with van der Waals surface area (Å²) in [5.74, 6) is -0.913. The van der Waals surface area contributed by atoms with Crippen LogP contribution in [-0.2, 0) is 20.7 Å². The van der Waals surface area contributed by atoms with Gasteiger partial charge < -0.3 is 14.4 Å². The van der Waals surface area contributed by atoms with Crippen molar-refractivity contribution in [2.24, 2.45) is 5.92 Å². The lowest BCUT2D eigenvalue weighted by atomic mass is 9.95. The number of ether oxygens (including phenoxy) is 2. The van der Waals surface area contributed by atoms with Crippen LogP contribution in [0.2, 0.25) is 0 Å². The zero-order chi connectivity index (χ0) is 16.2. The fourth-order valence-electron chi connectivity index (χ4n) is 3.23. The van der Waals surface area contributed by atoms with E-state index in [1.165, 1.54) is 18.2 Å². The van der Waals surface area contributed by atoms with Crippen LogP contribution in [0.4, 0.5) is 8.78 Å². The minimum absolute atomic E-state index is 0.0107. The molecule has 0 aliphatic carbocycles. The van der Waals surface area contributed by atoms with Crippen LogP contribution in [0.25, 0.3) is 0 Å². The molecule has 6 heteroatoms. The summed E-state index contributed by atoms with van der Waals surface area (Å²) in [6, 6.07) is 3.76. The Labute approximate surface area is 134 Å². The molecule has 23 heavy (non-hydrogen) atoms. The van der Waals surface area contributed by atoms with Gasteiger partial charge in [0.2, 0.25) is 5.91 Å². The number of benzene rings is 1. The quantitative estimate of drug-likeness (QED) is 0.854. The summed E-state index contributed by atoms with van der Waals surface area (Å²) in [5, 5.41) is 0. The minimum Gasteiger partial charge on any atom is -0.350 e. The Hall–Kier alpha value is -1.53. The number of hydrogen-bond acceptors (Lipinski definition) is 3. The molecule has 126 valence electrons. The van der Waals surface area contributed by atoms with Crippen molar-refractivity contribution in [1.29, 1.82) is 0 Å². The Bertz CT molecular complexity index is 533. The summed E-state index contributed by atoms with van der Waals surface area (Å²) < 4.78 is 38.2. The van der Waals surface area contributed by atoms with Crippen LogP contribution in [0.1, 0.15) is 24.8 Å². The first-order valence-electron chi connectivity index (χ1n) is 8.09. The van der Waals surface area contributed by atoms with E-state index in [4.69, 9.17) is 9.47 Å². The van der Waals surface area contributed by atoms with Crippen molar-refractivity contribution >= 4 is 5.91 Å². The van der Waals surface area contributed by atoms with Crippen molar-refractivity contribution < 1.29 is 23.0 Å². The fraction of sp³-hybridized carbons (Fsp3) is 0.588. The van der Waals surface area contributed by atoms with Gasteiger partial charge in [0.1, 0.15) is 11.6 Å². The van der Waals surface area contributed by atoms with Crippen LogP contribution in [0, 0.1) is 17.6 Å². The van der Waals surface area contributed by atoms with Gasteiger partial charge in [-0.05, 0) is 31.4 Å². The van der Waals surface area contributed by atoms with Gasteiger partial charge in [-0.25, -0.2) is 8.78 Å². The topological polar surface area (TPSA) is 38.8 Å². The standard InChI is InChI=1S/C17H21F2NO3/c18-14-2-1-3-15(19)13(14)4-5-16(21)20-8-6-12(7-9-20)17-22-10-11-23-17/h1-3,12,17H,4-11H2. The normalized spacial score (nSPS) is 20.2. The van der Waals surface area contributed by atoms with Gasteiger partial charge in [-0.3, -0.25) is 4.79 Å². The first-order valence-corrected chi connectivity index (χ1v) is 8.09. The van der Waals surface area contributed by atoms with E-state index in [0.29, 0.717) is 32.2 Å². The number of carbonyl (C=O) groups excluding carboxylic acids is 1. The lowest BCUT2D eigenvalue weighted by molar-refractivity contribution is -0.136. The highest BCUT2D eigenvalue weighted by Gasteiger charge is 2.31. The molecule has 2 aliphatic heterocycles. The largest absolute Gasteiger partial charge is 0.350 e. The van der Waals surface area contributed by atoms with Crippen molar-refractivity contribution in [3.8, 4) is 0 Å². The van der Waals surface area contributed by atoms with E-state index >= 15 is 0 Å². The average Bonchev–Trinajstić information content (AvgIpc) is 3.09. The number of halogens is 2. The molecule has 1 amide bonds. The van der Waals surface area contributed by atoms with Gasteiger partial charge in [-0.15, -0.1) is 0 Å². The smallest absolute Gasteiger partial charge is 0.222 e. The van der Waals surface area contributed by atoms with Crippen LogP contribution in [0.5, 0.6) is 0 Å². The highest BCUT2D eigenvalue weighted by Crippen LogP contribution is 2.26. The van der Waals surface area contributed by atoms with Crippen molar-refractivity contribution in [3.05, 3.63) is 35.4 Å². The molecular weight excluding hydrogens is 304 g/mol. The van der Waals surface area contributed by atoms with Gasteiger partial charge in [0.15, 0.2) is 6.29 Å². The van der Waals surface area contributed by atoms with Crippen LogP contribution in [0.15, 0.2) is 18.2 Å². The fourth-order valence-corrected chi connectivity index (χ4v) is 3.23. The third kappa shape index (κ3) is 3.87. The number of likely N-dealkylation sites (tertiary alicyclic amines) is 1. The van der Waals surface area contributed by atoms with Crippen LogP contribution < -0.4 is 0 Å². The molecule has 0 bridgehead atoms. The molecular formula is C17H21F2NO3. The molecule has 1 aromatic carbocycles. The van der Waals surface area contributed by atoms with E-state index in [9.17, 15) is 13.6 Å². The Kier molecular flexibility index (Phi) is 5.23. The molecule has 2 heterocycles. The molecule has 2 saturated heterocycles. The molecule has 0 atom stereocenters. The number of rotatable bonds is 4. The van der Waals surface area contributed by atoms with E-state index < -0.39 is 11.6 Å². The highest BCUT2D eigenvalue weighted by atomic mass is 19.1. The first kappa shape index (κ1) is 16.3. The van der Waals surface area contributed by atoms with Gasteiger partial charge in [0, 0.05) is 31.0 Å². The van der Waals surface area contributed by atoms with E-state index in [2.05, 4.69) is 0 Å². The van der Waals surface area contributed by atoms with Gasteiger partial charge in [-0.1, -0.05) is 6.07 Å². The number of piperidine rings is 1. The third-order valence-electron chi connectivity index (χ3n) is 4.58. The van der Waals surface area contributed by atoms with E-state index in [1.54, 1.807) is 4.90 Å². The van der Waals surface area contributed by atoms with Gasteiger partial charge in [-0.2, -0.15) is 0 Å². The maximum atomic E-state index is 13.6. The summed E-state index contributed by atoms with van der Waals surface area (Å²) >= 11 is 0. The first-order chi connectivity index (χ1) is 11.1. The monoisotopic (exact) mass is 325 g/mol. The zero-order valence-electron chi connectivity index (χ0n) is 13.0. The molecule has 2 fully saturated rings. The molecule has 0 spiro atoms. The van der Waals surface area contributed by atoms with Crippen molar-refractivity contribution in [2.75, 3.05) is 26.3 Å². The number of nitrogens with zero attached hydrogens (tertiary/aromatic N) is 1. The lowest BCUT2D eigenvalue weighted by Gasteiger charge is -2.34. The molecule has 0 N–H and O–H groups in total. The van der Waals surface area contributed by atoms with Crippen LogP contribution in [0.3, 0.4) is 0 Å². The number of carbonyl (C=O) groups is 1. The number of hydrogen-bond donors (Lipinski definition) is 0. The van der Waals surface area contributed by atoms with Crippen molar-refractivity contribution in [1.82, 2.24) is 4.90 Å². The average molecular weight is 325 g/mol. The predicted molar refractivity (Wildman–Crippen MR) is 79.7 cm³/mol. The highest BCUT2D eigenvalue weighted by molar-refractivity contribution is 5.76. The summed E-state index contributed by atoms with van der Waals surface area (Å²) in [6.07, 6.45) is 1.75. The Morgan fingerprint density at radius 1 is 1.13 bits per heavy atom. The second kappa shape index (κ2) is 7.36. The summed E-state index contributed by atoms with van der Waals surface area (Å²) in [5.41, 5.74) is -0.0107. The molecule has 2 aliphatic rings. The zero-order valence-corrected chi connectivity index (χ0v) is 13.0. The maximum Gasteiger partial charge on any atom is 0.222 e. The third-order valence-corrected chi connectivity index (χ3v) is 4.58. The maximum absolute atomic E-state index is 13.6. The van der Waals surface area contributed by atoms with Gasteiger partial charge >= 0.3 is 0 Å². The number of amides is 1. The minimum atomic E-state index is -0.591. The van der Waals surface area contributed by atoms with E-state index in [-0.39, 0.29) is 30.6 Å². The molecule has 1 aromatic rings. The Morgan fingerprint density at radius 3 is 2.35 bits per heavy atom. The van der Waals surface area contributed by atoms with Gasteiger partial charge in [0.25, 0.3) is 0 Å². The van der Waals surface area contributed by atoms with Gasteiger partial charge in [0.05, 0.1) is 13.2 Å². The summed E-state index contributed by atoms with van der Waals surface area (Å²) in [7, 11) is 0. The molecule has 4 nitrogen and oxygen atoms in total. The second-order valence-electron chi connectivity index (χ2n) is 6.03.